The largest absolute Gasteiger partial charge is 0.480 e. The third-order valence-corrected chi connectivity index (χ3v) is 3.61. The Bertz CT molecular complexity index is 519. The number of aliphatic carboxylic acids is 1. The Balaban J connectivity index is 2.20. The third-order valence-electron chi connectivity index (χ3n) is 3.61. The Morgan fingerprint density at radius 1 is 1.55 bits per heavy atom. The number of nitrogens with zero attached hydrogens (tertiary/aromatic N) is 3. The number of hydrogen-bond donors (Lipinski definition) is 2. The van der Waals surface area contributed by atoms with Gasteiger partial charge in [0.05, 0.1) is 4.92 Å². The Morgan fingerprint density at radius 2 is 2.20 bits per heavy atom. The quantitative estimate of drug-likeness (QED) is 0.637. The first-order chi connectivity index (χ1) is 9.43. The van der Waals surface area contributed by atoms with E-state index in [9.17, 15) is 20.0 Å². The fraction of sp³-hybridized carbons (Fsp3) is 0.583. The number of hydrogen-bond acceptors (Lipinski definition) is 6. The molecule has 0 bridgehead atoms. The molecule has 2 rings (SSSR count). The monoisotopic (exact) mass is 280 g/mol. The summed E-state index contributed by atoms with van der Waals surface area (Å²) in [5.74, 6) is -0.538. The molecule has 108 valence electrons. The summed E-state index contributed by atoms with van der Waals surface area (Å²) in [7, 11) is 0. The number of carbonyl (C=O) groups is 1. The highest BCUT2D eigenvalue weighted by Crippen LogP contribution is 2.34. The number of carboxylic acid groups (broad SMARTS) is 1. The lowest BCUT2D eigenvalue weighted by Gasteiger charge is -2.36. The molecule has 1 fully saturated rings. The van der Waals surface area contributed by atoms with Crippen LogP contribution in [0.25, 0.3) is 0 Å². The van der Waals surface area contributed by atoms with Gasteiger partial charge in [0.1, 0.15) is 17.9 Å². The van der Waals surface area contributed by atoms with Crippen LogP contribution in [0.15, 0.2) is 12.4 Å². The molecule has 1 aromatic heterocycles. The zero-order chi connectivity index (χ0) is 14.8. The van der Waals surface area contributed by atoms with Crippen LogP contribution >= 0.6 is 0 Å². The Kier molecular flexibility index (Phi) is 3.82. The van der Waals surface area contributed by atoms with Crippen LogP contribution in [0.1, 0.15) is 32.6 Å². The maximum Gasteiger partial charge on any atom is 0.329 e. The molecule has 0 aromatic carbocycles. The van der Waals surface area contributed by atoms with Crippen molar-refractivity contribution in [3.8, 4) is 0 Å². The van der Waals surface area contributed by atoms with E-state index in [1.54, 1.807) is 0 Å². The SMILES string of the molecule is CC1CCCC(Nc2ncc([N+](=O)[O-])cn2)(C(=O)O)C1. The van der Waals surface area contributed by atoms with Crippen LogP contribution in [0.4, 0.5) is 11.6 Å². The Morgan fingerprint density at radius 3 is 2.70 bits per heavy atom. The van der Waals surface area contributed by atoms with Crippen LogP contribution in [-0.4, -0.2) is 31.5 Å². The third kappa shape index (κ3) is 2.84. The van der Waals surface area contributed by atoms with E-state index in [0.717, 1.165) is 25.2 Å². The molecule has 2 unspecified atom stereocenters. The summed E-state index contributed by atoms with van der Waals surface area (Å²) in [6.45, 7) is 2.01. The van der Waals surface area contributed by atoms with E-state index < -0.39 is 16.4 Å². The van der Waals surface area contributed by atoms with Crippen molar-refractivity contribution in [2.75, 3.05) is 5.32 Å². The average molecular weight is 280 g/mol. The van der Waals surface area contributed by atoms with Gasteiger partial charge >= 0.3 is 11.7 Å². The van der Waals surface area contributed by atoms with Crippen LogP contribution in [0.3, 0.4) is 0 Å². The first-order valence-corrected chi connectivity index (χ1v) is 6.41. The summed E-state index contributed by atoms with van der Waals surface area (Å²) in [5.41, 5.74) is -1.31. The van der Waals surface area contributed by atoms with Gasteiger partial charge in [-0.1, -0.05) is 19.8 Å². The normalized spacial score (nSPS) is 25.9. The van der Waals surface area contributed by atoms with Gasteiger partial charge in [-0.15, -0.1) is 0 Å². The van der Waals surface area contributed by atoms with Crippen molar-refractivity contribution in [1.82, 2.24) is 9.97 Å². The predicted molar refractivity (Wildman–Crippen MR) is 70.3 cm³/mol. The van der Waals surface area contributed by atoms with E-state index in [2.05, 4.69) is 15.3 Å². The highest BCUT2D eigenvalue weighted by molar-refractivity contribution is 5.82. The number of rotatable bonds is 4. The van der Waals surface area contributed by atoms with E-state index in [1.165, 1.54) is 0 Å². The minimum Gasteiger partial charge on any atom is -0.480 e. The molecule has 0 aliphatic heterocycles. The number of carboxylic acids is 1. The lowest BCUT2D eigenvalue weighted by molar-refractivity contribution is -0.385. The smallest absolute Gasteiger partial charge is 0.329 e. The summed E-state index contributed by atoms with van der Waals surface area (Å²) >= 11 is 0. The molecule has 0 spiro atoms. The second-order valence-electron chi connectivity index (χ2n) is 5.24. The minimum absolute atomic E-state index is 0.104. The van der Waals surface area contributed by atoms with Gasteiger partial charge in [-0.2, -0.15) is 0 Å². The van der Waals surface area contributed by atoms with Crippen molar-refractivity contribution in [2.45, 2.75) is 38.1 Å². The first-order valence-electron chi connectivity index (χ1n) is 6.41. The van der Waals surface area contributed by atoms with Crippen molar-refractivity contribution < 1.29 is 14.8 Å². The first kappa shape index (κ1) is 14.2. The predicted octanol–water partition coefficient (Wildman–Crippen LogP) is 1.83. The summed E-state index contributed by atoms with van der Waals surface area (Å²) in [6, 6.07) is 0. The van der Waals surface area contributed by atoms with Crippen molar-refractivity contribution in [3.05, 3.63) is 22.5 Å². The Hall–Kier alpha value is -2.25. The van der Waals surface area contributed by atoms with Gasteiger partial charge in [0.25, 0.3) is 0 Å². The molecule has 1 aliphatic carbocycles. The van der Waals surface area contributed by atoms with Crippen LogP contribution < -0.4 is 5.32 Å². The molecular formula is C12H16N4O4. The molecule has 0 saturated heterocycles. The van der Waals surface area contributed by atoms with E-state index in [-0.39, 0.29) is 11.6 Å². The molecule has 20 heavy (non-hydrogen) atoms. The van der Waals surface area contributed by atoms with Crippen molar-refractivity contribution in [3.63, 3.8) is 0 Å². The van der Waals surface area contributed by atoms with Crippen molar-refractivity contribution in [2.24, 2.45) is 5.92 Å². The van der Waals surface area contributed by atoms with Gasteiger partial charge in [0.15, 0.2) is 0 Å². The molecule has 0 amide bonds. The van der Waals surface area contributed by atoms with Gasteiger partial charge in [-0.05, 0) is 18.8 Å². The highest BCUT2D eigenvalue weighted by atomic mass is 16.6. The molecule has 1 aliphatic rings. The van der Waals surface area contributed by atoms with Crippen LogP contribution in [0, 0.1) is 16.0 Å². The van der Waals surface area contributed by atoms with Gasteiger partial charge in [0.2, 0.25) is 5.95 Å². The van der Waals surface area contributed by atoms with E-state index >= 15 is 0 Å². The minimum atomic E-state index is -1.09. The Labute approximate surface area is 115 Å². The second kappa shape index (κ2) is 5.40. The number of aromatic nitrogens is 2. The number of anilines is 1. The standard InChI is InChI=1S/C12H16N4O4/c1-8-3-2-4-12(5-8,10(17)18)15-11-13-6-9(7-14-11)16(19)20/h6-8H,2-5H2,1H3,(H,17,18)(H,13,14,15). The topological polar surface area (TPSA) is 118 Å². The molecule has 2 N–H and O–H groups in total. The van der Waals surface area contributed by atoms with Gasteiger partial charge in [0, 0.05) is 0 Å². The maximum atomic E-state index is 11.6. The molecule has 1 aromatic rings. The zero-order valence-electron chi connectivity index (χ0n) is 11.1. The molecular weight excluding hydrogens is 264 g/mol. The fourth-order valence-electron chi connectivity index (χ4n) is 2.61. The van der Waals surface area contributed by atoms with Gasteiger partial charge in [-0.3, -0.25) is 10.1 Å². The molecule has 1 heterocycles. The van der Waals surface area contributed by atoms with Crippen LogP contribution in [0.5, 0.6) is 0 Å². The average Bonchev–Trinajstić information content (AvgIpc) is 2.39. The van der Waals surface area contributed by atoms with Gasteiger partial charge in [-0.25, -0.2) is 14.8 Å². The molecule has 8 heteroatoms. The van der Waals surface area contributed by atoms with E-state index in [4.69, 9.17) is 0 Å². The maximum absolute atomic E-state index is 11.6. The highest BCUT2D eigenvalue weighted by Gasteiger charge is 2.42. The van der Waals surface area contributed by atoms with Crippen LogP contribution in [-0.2, 0) is 4.79 Å². The number of nitro groups is 1. The fourth-order valence-corrected chi connectivity index (χ4v) is 2.61. The van der Waals surface area contributed by atoms with Crippen molar-refractivity contribution in [1.29, 1.82) is 0 Å². The summed E-state index contributed by atoms with van der Waals surface area (Å²) in [5, 5.41) is 22.9. The lowest BCUT2D eigenvalue weighted by Crippen LogP contribution is -2.50. The summed E-state index contributed by atoms with van der Waals surface area (Å²) in [6.07, 6.45) is 4.93. The van der Waals surface area contributed by atoms with Gasteiger partial charge < -0.3 is 10.4 Å². The van der Waals surface area contributed by atoms with E-state index in [1.807, 2.05) is 6.92 Å². The van der Waals surface area contributed by atoms with Crippen LogP contribution in [0.2, 0.25) is 0 Å². The number of nitrogens with one attached hydrogen (secondary N) is 1. The molecule has 1 saturated carbocycles. The summed E-state index contributed by atoms with van der Waals surface area (Å²) in [4.78, 5) is 29.1. The lowest BCUT2D eigenvalue weighted by atomic mass is 9.76. The van der Waals surface area contributed by atoms with E-state index in [0.29, 0.717) is 18.8 Å². The summed E-state index contributed by atoms with van der Waals surface area (Å²) < 4.78 is 0. The zero-order valence-corrected chi connectivity index (χ0v) is 11.1. The second-order valence-corrected chi connectivity index (χ2v) is 5.24. The van der Waals surface area contributed by atoms with Crippen molar-refractivity contribution >= 4 is 17.6 Å². The molecule has 0 radical (unpaired) electrons. The molecule has 8 nitrogen and oxygen atoms in total. The molecule has 2 atom stereocenters.